The molecule has 200 valence electrons. The first kappa shape index (κ1) is 28.2. The summed E-state index contributed by atoms with van der Waals surface area (Å²) in [6, 6.07) is 9.12. The van der Waals surface area contributed by atoms with Crippen molar-refractivity contribution in [2.45, 2.75) is 0 Å². The molecular weight excluding hydrogens is 496 g/mol. The number of carbonyl (C=O) groups excluding carboxylic acids is 6. The summed E-state index contributed by atoms with van der Waals surface area (Å²) >= 11 is 0. The number of esters is 2. The summed E-state index contributed by atoms with van der Waals surface area (Å²) in [5.41, 5.74) is 0.404. The zero-order valence-corrected chi connectivity index (χ0v) is 21.5. The molecule has 12 heteroatoms. The van der Waals surface area contributed by atoms with E-state index < -0.39 is 35.3 Å². The molecular formula is C26H28N4O8. The van der Waals surface area contributed by atoms with Crippen LogP contribution in [0.3, 0.4) is 0 Å². The largest absolute Gasteiger partial charge is 0.468 e. The van der Waals surface area contributed by atoms with E-state index in [1.165, 1.54) is 48.3 Å². The van der Waals surface area contributed by atoms with Gasteiger partial charge in [-0.15, -0.1) is 0 Å². The summed E-state index contributed by atoms with van der Waals surface area (Å²) < 4.78 is 9.19. The number of nitrogens with one attached hydrogen (secondary N) is 2. The first-order chi connectivity index (χ1) is 18.0. The molecule has 3 rings (SSSR count). The molecule has 0 saturated heterocycles. The van der Waals surface area contributed by atoms with Gasteiger partial charge >= 0.3 is 11.9 Å². The van der Waals surface area contributed by atoms with Gasteiger partial charge in [0.25, 0.3) is 0 Å². The van der Waals surface area contributed by atoms with Gasteiger partial charge in [-0.25, -0.2) is 0 Å². The Morgan fingerprint density at radius 3 is 1.37 bits per heavy atom. The van der Waals surface area contributed by atoms with Crippen LogP contribution in [0.15, 0.2) is 36.4 Å². The standard InChI is InChI=1S/C26H28N4O8/c1-29(13-21(33)37-3)11-19(31)27-17-9-10-18(28-20(32)12-30(2)14-22(34)38-4)24-23(17)25(35)15-7-5-6-8-16(15)26(24)36/h5-10H,11-14H2,1-4H3,(H,27,31)(H,28,32). The quantitative estimate of drug-likeness (QED) is 0.360. The van der Waals surface area contributed by atoms with Crippen LogP contribution in [0.4, 0.5) is 11.4 Å². The van der Waals surface area contributed by atoms with Crippen molar-refractivity contribution in [2.24, 2.45) is 0 Å². The minimum absolute atomic E-state index is 0.0570. The van der Waals surface area contributed by atoms with Crippen molar-refractivity contribution in [3.63, 3.8) is 0 Å². The molecule has 0 aromatic heterocycles. The van der Waals surface area contributed by atoms with Gasteiger partial charge in [0, 0.05) is 11.1 Å². The first-order valence-electron chi connectivity index (χ1n) is 11.5. The average Bonchev–Trinajstić information content (AvgIpc) is 2.87. The Balaban J connectivity index is 1.92. The molecule has 1 aliphatic carbocycles. The van der Waals surface area contributed by atoms with Crippen molar-refractivity contribution in [3.8, 4) is 0 Å². The van der Waals surface area contributed by atoms with Crippen LogP contribution in [0.25, 0.3) is 0 Å². The maximum atomic E-state index is 13.5. The minimum atomic E-state index is -0.529. The van der Waals surface area contributed by atoms with Crippen LogP contribution in [-0.2, 0) is 28.7 Å². The number of hydrogen-bond donors (Lipinski definition) is 2. The molecule has 1 aliphatic rings. The van der Waals surface area contributed by atoms with E-state index in [2.05, 4.69) is 20.1 Å². The number of likely N-dealkylation sites (N-methyl/N-ethyl adjacent to an activating group) is 2. The van der Waals surface area contributed by atoms with E-state index in [1.54, 1.807) is 26.2 Å². The first-order valence-corrected chi connectivity index (χ1v) is 11.5. The second kappa shape index (κ2) is 12.2. The van der Waals surface area contributed by atoms with Crippen LogP contribution < -0.4 is 10.6 Å². The fourth-order valence-electron chi connectivity index (χ4n) is 3.98. The topological polar surface area (TPSA) is 151 Å². The highest BCUT2D eigenvalue weighted by atomic mass is 16.5. The van der Waals surface area contributed by atoms with Crippen LogP contribution in [0.2, 0.25) is 0 Å². The number of rotatable bonds is 10. The highest BCUT2D eigenvalue weighted by Gasteiger charge is 2.34. The summed E-state index contributed by atoms with van der Waals surface area (Å²) in [4.78, 5) is 78.2. The monoisotopic (exact) mass is 524 g/mol. The van der Waals surface area contributed by atoms with Gasteiger partial charge in [0.2, 0.25) is 11.8 Å². The predicted octanol–water partition coefficient (Wildman–Crippen LogP) is 0.549. The normalized spacial score (nSPS) is 12.1. The summed E-state index contributed by atoms with van der Waals surface area (Å²) in [5.74, 6) is -3.09. The highest BCUT2D eigenvalue weighted by molar-refractivity contribution is 6.32. The number of fused-ring (bicyclic) bond motifs is 2. The maximum Gasteiger partial charge on any atom is 0.319 e. The Hall–Kier alpha value is -4.42. The van der Waals surface area contributed by atoms with E-state index in [-0.39, 0.29) is 59.8 Å². The fraction of sp³-hybridized carbons (Fsp3) is 0.308. The molecule has 2 amide bonds. The van der Waals surface area contributed by atoms with E-state index in [1.807, 2.05) is 0 Å². The Morgan fingerprint density at radius 2 is 1.03 bits per heavy atom. The maximum absolute atomic E-state index is 13.5. The number of carbonyl (C=O) groups is 6. The van der Waals surface area contributed by atoms with Crippen LogP contribution in [0.1, 0.15) is 31.8 Å². The number of hydrogen-bond acceptors (Lipinski definition) is 10. The molecule has 0 heterocycles. The molecule has 12 nitrogen and oxygen atoms in total. The van der Waals surface area contributed by atoms with E-state index in [4.69, 9.17) is 0 Å². The second-order valence-electron chi connectivity index (χ2n) is 8.71. The summed E-state index contributed by atoms with van der Waals surface area (Å²) in [6.45, 7) is -0.619. The van der Waals surface area contributed by atoms with E-state index in [0.717, 1.165) is 0 Å². The summed E-state index contributed by atoms with van der Waals surface area (Å²) in [6.07, 6.45) is 0. The predicted molar refractivity (Wildman–Crippen MR) is 136 cm³/mol. The number of anilines is 2. The zero-order valence-electron chi connectivity index (χ0n) is 21.5. The van der Waals surface area contributed by atoms with Gasteiger partial charge in [-0.05, 0) is 26.2 Å². The van der Waals surface area contributed by atoms with Crippen molar-refractivity contribution in [1.29, 1.82) is 0 Å². The van der Waals surface area contributed by atoms with Gasteiger partial charge in [0.05, 0.1) is 62.9 Å². The smallest absolute Gasteiger partial charge is 0.319 e. The Morgan fingerprint density at radius 1 is 0.658 bits per heavy atom. The van der Waals surface area contributed by atoms with Crippen LogP contribution in [0, 0.1) is 0 Å². The summed E-state index contributed by atoms with van der Waals surface area (Å²) in [7, 11) is 5.57. The van der Waals surface area contributed by atoms with Crippen molar-refractivity contribution in [2.75, 3.05) is 65.1 Å². The fourth-order valence-corrected chi connectivity index (χ4v) is 3.98. The lowest BCUT2D eigenvalue weighted by Gasteiger charge is -2.24. The lowest BCUT2D eigenvalue weighted by molar-refractivity contribution is -0.142. The molecule has 2 N–H and O–H groups in total. The molecule has 0 atom stereocenters. The Bertz CT molecular complexity index is 1210. The molecule has 2 aromatic rings. The second-order valence-corrected chi connectivity index (χ2v) is 8.71. The van der Waals surface area contributed by atoms with E-state index >= 15 is 0 Å². The lowest BCUT2D eigenvalue weighted by Crippen LogP contribution is -2.35. The minimum Gasteiger partial charge on any atom is -0.468 e. The van der Waals surface area contributed by atoms with Gasteiger partial charge in [0.1, 0.15) is 0 Å². The summed E-state index contributed by atoms with van der Waals surface area (Å²) in [5, 5.41) is 5.27. The van der Waals surface area contributed by atoms with Crippen molar-refractivity contribution in [1.82, 2.24) is 9.80 Å². The number of benzene rings is 2. The molecule has 0 aliphatic heterocycles. The molecule has 38 heavy (non-hydrogen) atoms. The Labute approximate surface area is 218 Å². The van der Waals surface area contributed by atoms with Gasteiger partial charge in [0.15, 0.2) is 11.6 Å². The van der Waals surface area contributed by atoms with Crippen molar-refractivity contribution < 1.29 is 38.2 Å². The van der Waals surface area contributed by atoms with E-state index in [0.29, 0.717) is 0 Å². The highest BCUT2D eigenvalue weighted by Crippen LogP contribution is 2.36. The van der Waals surface area contributed by atoms with Crippen LogP contribution in [-0.4, -0.2) is 99.6 Å². The van der Waals surface area contributed by atoms with Crippen LogP contribution >= 0.6 is 0 Å². The number of methoxy groups -OCH3 is 2. The van der Waals surface area contributed by atoms with Gasteiger partial charge in [-0.2, -0.15) is 0 Å². The molecule has 0 bridgehead atoms. The zero-order chi connectivity index (χ0) is 28.0. The molecule has 2 aromatic carbocycles. The molecule has 0 saturated carbocycles. The number of nitrogens with zero attached hydrogens (tertiary/aromatic N) is 2. The third kappa shape index (κ3) is 6.47. The van der Waals surface area contributed by atoms with E-state index in [9.17, 15) is 28.8 Å². The van der Waals surface area contributed by atoms with Crippen LogP contribution in [0.5, 0.6) is 0 Å². The molecule has 0 fully saturated rings. The van der Waals surface area contributed by atoms with Gasteiger partial charge < -0.3 is 20.1 Å². The van der Waals surface area contributed by atoms with Crippen molar-refractivity contribution >= 4 is 46.7 Å². The van der Waals surface area contributed by atoms with Crippen molar-refractivity contribution in [3.05, 3.63) is 58.7 Å². The molecule has 0 radical (unpaired) electrons. The average molecular weight is 525 g/mol. The Kier molecular flexibility index (Phi) is 9.05. The lowest BCUT2D eigenvalue weighted by atomic mass is 9.82. The van der Waals surface area contributed by atoms with Gasteiger partial charge in [-0.3, -0.25) is 38.6 Å². The third-order valence-electron chi connectivity index (χ3n) is 5.70. The number of amides is 2. The van der Waals surface area contributed by atoms with Gasteiger partial charge in [-0.1, -0.05) is 24.3 Å². The number of ether oxygens (including phenoxy) is 2. The molecule has 0 unspecified atom stereocenters. The molecule has 0 spiro atoms. The SMILES string of the molecule is COC(=O)CN(C)CC(=O)Nc1ccc(NC(=O)CN(C)CC(=O)OC)c2c1C(=O)c1ccccc1C2=O. The number of ketones is 2. The third-order valence-corrected chi connectivity index (χ3v) is 5.70.